The van der Waals surface area contributed by atoms with Crippen LogP contribution in [-0.4, -0.2) is 46.9 Å². The summed E-state index contributed by atoms with van der Waals surface area (Å²) in [6.07, 6.45) is 2.35. The molecule has 2 heterocycles. The lowest BCUT2D eigenvalue weighted by atomic mass is 10.1. The van der Waals surface area contributed by atoms with Crippen molar-refractivity contribution in [3.8, 4) is 0 Å². The molecule has 0 unspecified atom stereocenters. The molecule has 1 aliphatic heterocycles. The van der Waals surface area contributed by atoms with Crippen LogP contribution in [0.2, 0.25) is 0 Å². The third-order valence-corrected chi connectivity index (χ3v) is 4.50. The first-order chi connectivity index (χ1) is 12.9. The Kier molecular flexibility index (Phi) is 5.91. The molecule has 0 saturated carbocycles. The average Bonchev–Trinajstić information content (AvgIpc) is 2.67. The van der Waals surface area contributed by atoms with Gasteiger partial charge in [0.1, 0.15) is 0 Å². The van der Waals surface area contributed by atoms with E-state index in [2.05, 4.69) is 9.88 Å². The van der Waals surface area contributed by atoms with Gasteiger partial charge in [0, 0.05) is 51.2 Å². The van der Waals surface area contributed by atoms with Gasteiger partial charge in [-0.2, -0.15) is 13.2 Å². The summed E-state index contributed by atoms with van der Waals surface area (Å²) in [5, 5.41) is 0. The van der Waals surface area contributed by atoms with Crippen molar-refractivity contribution in [1.82, 2.24) is 14.8 Å². The Labute approximate surface area is 155 Å². The minimum Gasteiger partial charge on any atom is -0.337 e. The zero-order valence-corrected chi connectivity index (χ0v) is 14.7. The van der Waals surface area contributed by atoms with Crippen molar-refractivity contribution in [3.63, 3.8) is 0 Å². The fourth-order valence-electron chi connectivity index (χ4n) is 2.93. The van der Waals surface area contributed by atoms with E-state index in [-0.39, 0.29) is 5.91 Å². The molecular formula is C20H20F3N3O. The lowest BCUT2D eigenvalue weighted by molar-refractivity contribution is -0.137. The topological polar surface area (TPSA) is 36.4 Å². The van der Waals surface area contributed by atoms with E-state index in [9.17, 15) is 18.0 Å². The molecule has 142 valence electrons. The number of pyridine rings is 1. The number of carbonyl (C=O) groups is 1. The summed E-state index contributed by atoms with van der Waals surface area (Å²) in [5.41, 5.74) is 1.11. The molecule has 0 atom stereocenters. The minimum absolute atomic E-state index is 0.0407. The first-order valence-corrected chi connectivity index (χ1v) is 8.67. The summed E-state index contributed by atoms with van der Waals surface area (Å²) < 4.78 is 37.8. The maximum absolute atomic E-state index is 12.6. The van der Waals surface area contributed by atoms with E-state index in [0.717, 1.165) is 23.3 Å². The van der Waals surface area contributed by atoms with Crippen LogP contribution in [-0.2, 0) is 17.5 Å². The number of hydrogen-bond acceptors (Lipinski definition) is 3. The van der Waals surface area contributed by atoms with Crippen LogP contribution < -0.4 is 0 Å². The molecule has 0 bridgehead atoms. The highest BCUT2D eigenvalue weighted by Gasteiger charge is 2.30. The van der Waals surface area contributed by atoms with Gasteiger partial charge in [0.25, 0.3) is 0 Å². The number of aromatic nitrogens is 1. The second-order valence-electron chi connectivity index (χ2n) is 6.41. The van der Waals surface area contributed by atoms with Gasteiger partial charge in [-0.3, -0.25) is 14.7 Å². The average molecular weight is 375 g/mol. The third-order valence-electron chi connectivity index (χ3n) is 4.50. The van der Waals surface area contributed by atoms with E-state index in [1.807, 2.05) is 12.1 Å². The monoisotopic (exact) mass is 375 g/mol. The number of piperazine rings is 1. The lowest BCUT2D eigenvalue weighted by Gasteiger charge is -2.34. The summed E-state index contributed by atoms with van der Waals surface area (Å²) in [6, 6.07) is 8.89. The predicted octanol–water partition coefficient (Wildman–Crippen LogP) is 3.46. The zero-order valence-electron chi connectivity index (χ0n) is 14.7. The highest BCUT2D eigenvalue weighted by molar-refractivity contribution is 5.91. The van der Waals surface area contributed by atoms with Gasteiger partial charge in [-0.15, -0.1) is 0 Å². The Balaban J connectivity index is 1.48. The van der Waals surface area contributed by atoms with Gasteiger partial charge in [-0.1, -0.05) is 12.1 Å². The number of carbonyl (C=O) groups excluding carboxylic acids is 1. The van der Waals surface area contributed by atoms with Crippen LogP contribution in [0.1, 0.15) is 16.7 Å². The smallest absolute Gasteiger partial charge is 0.337 e. The van der Waals surface area contributed by atoms with Crippen LogP contribution in [0.4, 0.5) is 13.2 Å². The summed E-state index contributed by atoms with van der Waals surface area (Å²) in [5.74, 6) is -0.0407. The first kappa shape index (κ1) is 19.1. The minimum atomic E-state index is -4.31. The molecule has 1 saturated heterocycles. The Morgan fingerprint density at radius 3 is 2.22 bits per heavy atom. The van der Waals surface area contributed by atoms with Crippen LogP contribution in [0.25, 0.3) is 6.08 Å². The SMILES string of the molecule is O=C(/C=C/c1ccncc1)N1CCN(Cc2ccc(C(F)(F)F)cc2)CC1. The normalized spacial score (nSPS) is 16.0. The number of amides is 1. The molecule has 1 fully saturated rings. The Bertz CT molecular complexity index is 780. The molecular weight excluding hydrogens is 355 g/mol. The number of rotatable bonds is 4. The lowest BCUT2D eigenvalue weighted by Crippen LogP contribution is -2.47. The second kappa shape index (κ2) is 8.35. The first-order valence-electron chi connectivity index (χ1n) is 8.67. The number of halogens is 3. The van der Waals surface area contributed by atoms with Gasteiger partial charge in [0.05, 0.1) is 5.56 Å². The van der Waals surface area contributed by atoms with E-state index < -0.39 is 11.7 Å². The Hall–Kier alpha value is -2.67. The fourth-order valence-corrected chi connectivity index (χ4v) is 2.93. The number of nitrogens with zero attached hydrogens (tertiary/aromatic N) is 3. The quantitative estimate of drug-likeness (QED) is 0.768. The summed E-state index contributed by atoms with van der Waals surface area (Å²) >= 11 is 0. The highest BCUT2D eigenvalue weighted by Crippen LogP contribution is 2.29. The van der Waals surface area contributed by atoms with Crippen molar-refractivity contribution in [2.45, 2.75) is 12.7 Å². The van der Waals surface area contributed by atoms with E-state index >= 15 is 0 Å². The Morgan fingerprint density at radius 2 is 1.63 bits per heavy atom. The molecule has 1 aromatic carbocycles. The van der Waals surface area contributed by atoms with Gasteiger partial charge in [0.15, 0.2) is 0 Å². The van der Waals surface area contributed by atoms with Crippen molar-refractivity contribution < 1.29 is 18.0 Å². The third kappa shape index (κ3) is 5.40. The van der Waals surface area contributed by atoms with Crippen molar-refractivity contribution >= 4 is 12.0 Å². The van der Waals surface area contributed by atoms with E-state index in [0.29, 0.717) is 32.7 Å². The fraction of sp³-hybridized carbons (Fsp3) is 0.300. The second-order valence-corrected chi connectivity index (χ2v) is 6.41. The van der Waals surface area contributed by atoms with Gasteiger partial charge in [-0.25, -0.2) is 0 Å². The summed E-state index contributed by atoms with van der Waals surface area (Å²) in [6.45, 7) is 3.15. The molecule has 1 aliphatic rings. The molecule has 0 radical (unpaired) electrons. The molecule has 0 aliphatic carbocycles. The Morgan fingerprint density at radius 1 is 1.00 bits per heavy atom. The number of hydrogen-bond donors (Lipinski definition) is 0. The van der Waals surface area contributed by atoms with E-state index in [1.54, 1.807) is 29.4 Å². The number of alkyl halides is 3. The van der Waals surface area contributed by atoms with Gasteiger partial charge in [0.2, 0.25) is 5.91 Å². The standard InChI is InChI=1S/C20H20F3N3O/c21-20(22,23)18-4-1-17(2-5-18)15-25-11-13-26(14-12-25)19(27)6-3-16-7-9-24-10-8-16/h1-10H,11-15H2/b6-3+. The predicted molar refractivity (Wildman–Crippen MR) is 96.6 cm³/mol. The van der Waals surface area contributed by atoms with E-state index in [4.69, 9.17) is 0 Å². The van der Waals surface area contributed by atoms with Gasteiger partial charge in [-0.05, 0) is 41.5 Å². The summed E-state index contributed by atoms with van der Waals surface area (Å²) in [7, 11) is 0. The van der Waals surface area contributed by atoms with Crippen LogP contribution in [0.3, 0.4) is 0 Å². The maximum Gasteiger partial charge on any atom is 0.416 e. The van der Waals surface area contributed by atoms with Crippen molar-refractivity contribution in [2.24, 2.45) is 0 Å². The molecule has 3 rings (SSSR count). The molecule has 2 aromatic rings. The molecule has 1 aromatic heterocycles. The zero-order chi connectivity index (χ0) is 19.3. The molecule has 1 amide bonds. The molecule has 7 heteroatoms. The van der Waals surface area contributed by atoms with Crippen LogP contribution in [0.15, 0.2) is 54.9 Å². The van der Waals surface area contributed by atoms with Crippen molar-refractivity contribution in [2.75, 3.05) is 26.2 Å². The van der Waals surface area contributed by atoms with Crippen LogP contribution in [0.5, 0.6) is 0 Å². The van der Waals surface area contributed by atoms with E-state index in [1.165, 1.54) is 12.1 Å². The van der Waals surface area contributed by atoms with Crippen LogP contribution in [0, 0.1) is 0 Å². The van der Waals surface area contributed by atoms with Crippen molar-refractivity contribution in [3.05, 3.63) is 71.6 Å². The van der Waals surface area contributed by atoms with Gasteiger partial charge >= 0.3 is 6.18 Å². The maximum atomic E-state index is 12.6. The van der Waals surface area contributed by atoms with Crippen molar-refractivity contribution in [1.29, 1.82) is 0 Å². The summed E-state index contributed by atoms with van der Waals surface area (Å²) in [4.78, 5) is 20.1. The largest absolute Gasteiger partial charge is 0.416 e. The molecule has 0 spiro atoms. The highest BCUT2D eigenvalue weighted by atomic mass is 19.4. The number of benzene rings is 1. The molecule has 27 heavy (non-hydrogen) atoms. The molecule has 4 nitrogen and oxygen atoms in total. The molecule has 0 N–H and O–H groups in total. The van der Waals surface area contributed by atoms with Crippen LogP contribution >= 0.6 is 0 Å². The van der Waals surface area contributed by atoms with Gasteiger partial charge < -0.3 is 4.90 Å².